The normalized spacial score (nSPS) is 21.7. The molecule has 1 fully saturated rings. The first-order valence-electron chi connectivity index (χ1n) is 10.6. The van der Waals surface area contributed by atoms with Gasteiger partial charge in [-0.2, -0.15) is 0 Å². The maximum atomic E-state index is 12.8. The summed E-state index contributed by atoms with van der Waals surface area (Å²) < 4.78 is 12.0. The number of aliphatic hydroxyl groups is 1. The first-order valence-corrected chi connectivity index (χ1v) is 10.6. The minimum absolute atomic E-state index is 0.0240. The number of benzene rings is 1. The summed E-state index contributed by atoms with van der Waals surface area (Å²) in [7, 11) is 0. The second-order valence-electron chi connectivity index (χ2n) is 8.00. The summed E-state index contributed by atoms with van der Waals surface area (Å²) in [5.41, 5.74) is 2.51. The fourth-order valence-electron chi connectivity index (χ4n) is 4.22. The second kappa shape index (κ2) is 9.87. The molecule has 6 nitrogen and oxygen atoms in total. The standard InChI is InChI=1S/C24H28N2O4/c27-15-17-7-9-18(10-8-17)16-29-23-13-20(19-4-1-2-5-19)12-22(30-23)24(28)26-21-6-3-11-25-14-21/h3,6-12,14,19-20,23,27H,1-2,4-5,13,15-16H2,(H,26,28)/t20-,23+/m1/s1. The van der Waals surface area contributed by atoms with Gasteiger partial charge in [0.2, 0.25) is 6.29 Å². The van der Waals surface area contributed by atoms with E-state index >= 15 is 0 Å². The zero-order valence-corrected chi connectivity index (χ0v) is 17.0. The number of hydrogen-bond acceptors (Lipinski definition) is 5. The van der Waals surface area contributed by atoms with Gasteiger partial charge in [0.1, 0.15) is 0 Å². The van der Waals surface area contributed by atoms with Crippen molar-refractivity contribution in [1.82, 2.24) is 4.98 Å². The van der Waals surface area contributed by atoms with Crippen molar-refractivity contribution in [2.24, 2.45) is 11.8 Å². The number of hydrogen-bond donors (Lipinski definition) is 2. The lowest BCUT2D eigenvalue weighted by Gasteiger charge is -2.32. The number of rotatable bonds is 7. The summed E-state index contributed by atoms with van der Waals surface area (Å²) in [5.74, 6) is 0.900. The third-order valence-corrected chi connectivity index (χ3v) is 5.88. The molecule has 0 radical (unpaired) electrons. The van der Waals surface area contributed by atoms with E-state index in [9.17, 15) is 9.90 Å². The Balaban J connectivity index is 1.43. The average Bonchev–Trinajstić information content (AvgIpc) is 3.34. The monoisotopic (exact) mass is 408 g/mol. The lowest BCUT2D eigenvalue weighted by molar-refractivity contribution is -0.153. The third kappa shape index (κ3) is 5.26. The number of carbonyl (C=O) groups is 1. The Labute approximate surface area is 176 Å². The molecule has 2 atom stereocenters. The molecule has 2 aromatic rings. The fourth-order valence-corrected chi connectivity index (χ4v) is 4.22. The molecule has 0 unspecified atom stereocenters. The Morgan fingerprint density at radius 1 is 1.17 bits per heavy atom. The van der Waals surface area contributed by atoms with Gasteiger partial charge in [-0.05, 0) is 54.0 Å². The molecule has 1 saturated carbocycles. The number of pyridine rings is 1. The summed E-state index contributed by atoms with van der Waals surface area (Å²) in [4.78, 5) is 16.8. The highest BCUT2D eigenvalue weighted by atomic mass is 16.7. The van der Waals surface area contributed by atoms with E-state index in [1.165, 1.54) is 25.7 Å². The lowest BCUT2D eigenvalue weighted by Crippen LogP contribution is -2.32. The quantitative estimate of drug-likeness (QED) is 0.719. The molecule has 2 N–H and O–H groups in total. The van der Waals surface area contributed by atoms with Crippen molar-refractivity contribution in [2.75, 3.05) is 5.32 Å². The molecular formula is C24H28N2O4. The highest BCUT2D eigenvalue weighted by Gasteiger charge is 2.33. The lowest BCUT2D eigenvalue weighted by atomic mass is 9.86. The van der Waals surface area contributed by atoms with Gasteiger partial charge < -0.3 is 19.9 Å². The van der Waals surface area contributed by atoms with Crippen molar-refractivity contribution < 1.29 is 19.4 Å². The van der Waals surface area contributed by atoms with Crippen LogP contribution in [0.2, 0.25) is 0 Å². The van der Waals surface area contributed by atoms with Crippen LogP contribution in [0.4, 0.5) is 5.69 Å². The first-order chi connectivity index (χ1) is 14.7. The SMILES string of the molecule is O=C(Nc1cccnc1)C1=C[C@@H](C2CCCC2)C[C@@H](OCc2ccc(CO)cc2)O1. The van der Waals surface area contributed by atoms with E-state index in [1.54, 1.807) is 24.5 Å². The minimum Gasteiger partial charge on any atom is -0.459 e. The summed E-state index contributed by atoms with van der Waals surface area (Å²) in [6.45, 7) is 0.418. The van der Waals surface area contributed by atoms with E-state index in [2.05, 4.69) is 10.3 Å². The Kier molecular flexibility index (Phi) is 6.77. The predicted molar refractivity (Wildman–Crippen MR) is 113 cm³/mol. The van der Waals surface area contributed by atoms with Crippen LogP contribution in [0.1, 0.15) is 43.2 Å². The average molecular weight is 408 g/mol. The number of aromatic nitrogens is 1. The molecule has 2 heterocycles. The molecule has 1 aliphatic carbocycles. The molecule has 1 aliphatic heterocycles. The molecule has 0 bridgehead atoms. The second-order valence-corrected chi connectivity index (χ2v) is 8.00. The van der Waals surface area contributed by atoms with Crippen LogP contribution < -0.4 is 5.32 Å². The van der Waals surface area contributed by atoms with Gasteiger partial charge in [-0.25, -0.2) is 0 Å². The van der Waals surface area contributed by atoms with E-state index in [-0.39, 0.29) is 18.4 Å². The van der Waals surface area contributed by atoms with E-state index in [1.807, 2.05) is 30.3 Å². The molecule has 1 aromatic heterocycles. The highest BCUT2D eigenvalue weighted by molar-refractivity contribution is 6.02. The largest absolute Gasteiger partial charge is 0.459 e. The van der Waals surface area contributed by atoms with Crippen LogP contribution in [0.3, 0.4) is 0 Å². The van der Waals surface area contributed by atoms with Crippen molar-refractivity contribution in [3.63, 3.8) is 0 Å². The van der Waals surface area contributed by atoms with Crippen LogP contribution in [0.15, 0.2) is 60.6 Å². The topological polar surface area (TPSA) is 80.7 Å². The van der Waals surface area contributed by atoms with Crippen molar-refractivity contribution in [1.29, 1.82) is 0 Å². The van der Waals surface area contributed by atoms with Gasteiger partial charge in [-0.1, -0.05) is 37.1 Å². The van der Waals surface area contributed by atoms with Gasteiger partial charge in [0, 0.05) is 12.6 Å². The number of nitrogens with one attached hydrogen (secondary N) is 1. The molecule has 1 amide bonds. The molecule has 2 aliphatic rings. The van der Waals surface area contributed by atoms with Gasteiger partial charge in [0.25, 0.3) is 5.91 Å². The summed E-state index contributed by atoms with van der Waals surface area (Å²) in [6.07, 6.45) is 10.4. The summed E-state index contributed by atoms with van der Waals surface area (Å²) >= 11 is 0. The predicted octanol–water partition coefficient (Wildman–Crippen LogP) is 4.17. The first kappa shape index (κ1) is 20.6. The van der Waals surface area contributed by atoms with Crippen molar-refractivity contribution >= 4 is 11.6 Å². The van der Waals surface area contributed by atoms with Crippen molar-refractivity contribution in [3.05, 3.63) is 71.8 Å². The molecule has 0 saturated heterocycles. The Morgan fingerprint density at radius 3 is 2.63 bits per heavy atom. The van der Waals surface area contributed by atoms with E-state index < -0.39 is 6.29 Å². The van der Waals surface area contributed by atoms with Crippen LogP contribution in [0.5, 0.6) is 0 Å². The number of anilines is 1. The number of amides is 1. The van der Waals surface area contributed by atoms with Crippen LogP contribution in [-0.4, -0.2) is 22.3 Å². The summed E-state index contributed by atoms with van der Waals surface area (Å²) in [6, 6.07) is 11.2. The van der Waals surface area contributed by atoms with Crippen LogP contribution in [-0.2, 0) is 27.5 Å². The van der Waals surface area contributed by atoms with E-state index in [4.69, 9.17) is 9.47 Å². The summed E-state index contributed by atoms with van der Waals surface area (Å²) in [5, 5.41) is 12.0. The Hall–Kier alpha value is -2.70. The van der Waals surface area contributed by atoms with Gasteiger partial charge >= 0.3 is 0 Å². The molecule has 0 spiro atoms. The molecule has 158 valence electrons. The zero-order valence-electron chi connectivity index (χ0n) is 17.0. The number of aliphatic hydroxyl groups excluding tert-OH is 1. The molecule has 1 aromatic carbocycles. The van der Waals surface area contributed by atoms with Gasteiger partial charge in [-0.3, -0.25) is 9.78 Å². The van der Waals surface area contributed by atoms with Crippen LogP contribution in [0.25, 0.3) is 0 Å². The molecule has 6 heteroatoms. The number of carbonyl (C=O) groups excluding carboxylic acids is 1. The molecular weight excluding hydrogens is 380 g/mol. The fraction of sp³-hybridized carbons (Fsp3) is 0.417. The van der Waals surface area contributed by atoms with E-state index in [0.717, 1.165) is 17.5 Å². The maximum absolute atomic E-state index is 12.8. The van der Waals surface area contributed by atoms with E-state index in [0.29, 0.717) is 24.0 Å². The Morgan fingerprint density at radius 2 is 1.93 bits per heavy atom. The molecule has 30 heavy (non-hydrogen) atoms. The van der Waals surface area contributed by atoms with Crippen LogP contribution >= 0.6 is 0 Å². The third-order valence-electron chi connectivity index (χ3n) is 5.88. The number of ether oxygens (including phenoxy) is 2. The van der Waals surface area contributed by atoms with Gasteiger partial charge in [-0.15, -0.1) is 0 Å². The number of nitrogens with zero attached hydrogens (tertiary/aromatic N) is 1. The maximum Gasteiger partial charge on any atom is 0.290 e. The van der Waals surface area contributed by atoms with Crippen LogP contribution in [0, 0.1) is 11.8 Å². The van der Waals surface area contributed by atoms with Crippen molar-refractivity contribution in [2.45, 2.75) is 51.6 Å². The Bertz CT molecular complexity index is 861. The smallest absolute Gasteiger partial charge is 0.290 e. The van der Waals surface area contributed by atoms with Crippen molar-refractivity contribution in [3.8, 4) is 0 Å². The molecule has 4 rings (SSSR count). The van der Waals surface area contributed by atoms with Gasteiger partial charge in [0.15, 0.2) is 5.76 Å². The zero-order chi connectivity index (χ0) is 20.8. The highest BCUT2D eigenvalue weighted by Crippen LogP contribution is 2.38. The number of allylic oxidation sites excluding steroid dienone is 1. The minimum atomic E-state index is -0.465. The van der Waals surface area contributed by atoms with Gasteiger partial charge in [0.05, 0.1) is 25.1 Å².